The average Bonchev–Trinajstić information content (AvgIpc) is 3.00. The predicted octanol–water partition coefficient (Wildman–Crippen LogP) is 1.64. The summed E-state index contributed by atoms with van der Waals surface area (Å²) in [6.07, 6.45) is 3.99. The first kappa shape index (κ1) is 24.4. The number of carbonyl (C=O) groups is 2. The maximum absolute atomic E-state index is 13.2. The molecule has 1 fully saturated rings. The van der Waals surface area contributed by atoms with Crippen molar-refractivity contribution in [3.05, 3.63) is 82.9 Å². The third-order valence-electron chi connectivity index (χ3n) is 6.22. The first-order chi connectivity index (χ1) is 17.8. The highest BCUT2D eigenvalue weighted by Gasteiger charge is 2.34. The molecule has 2 aliphatic heterocycles. The lowest BCUT2D eigenvalue weighted by molar-refractivity contribution is -0.140. The summed E-state index contributed by atoms with van der Waals surface area (Å²) in [5.74, 6) is 5.43. The van der Waals surface area contributed by atoms with Gasteiger partial charge in [0, 0.05) is 30.7 Å². The topological polar surface area (TPSA) is 114 Å². The van der Waals surface area contributed by atoms with Crippen LogP contribution in [0.25, 0.3) is 0 Å². The number of benzene rings is 1. The van der Waals surface area contributed by atoms with Crippen molar-refractivity contribution < 1.29 is 24.2 Å². The summed E-state index contributed by atoms with van der Waals surface area (Å²) in [5.41, 5.74) is 3.09. The molecule has 5 rings (SSSR count). The summed E-state index contributed by atoms with van der Waals surface area (Å²) < 4.78 is 10.9. The summed E-state index contributed by atoms with van der Waals surface area (Å²) in [7, 11) is 1.62. The Balaban J connectivity index is 1.28. The average molecular weight is 499 g/mol. The van der Waals surface area contributed by atoms with Crippen molar-refractivity contribution >= 4 is 17.5 Å². The van der Waals surface area contributed by atoms with Crippen molar-refractivity contribution in [2.45, 2.75) is 25.0 Å². The van der Waals surface area contributed by atoms with E-state index in [0.717, 1.165) is 16.8 Å². The lowest BCUT2D eigenvalue weighted by Crippen LogP contribution is -2.49. The highest BCUT2D eigenvalue weighted by atomic mass is 16.5. The van der Waals surface area contributed by atoms with E-state index in [4.69, 9.17) is 9.47 Å². The van der Waals surface area contributed by atoms with Gasteiger partial charge in [-0.15, -0.1) is 0 Å². The number of pyridine rings is 2. The number of ether oxygens (including phenoxy) is 2. The Morgan fingerprint density at radius 3 is 2.76 bits per heavy atom. The van der Waals surface area contributed by atoms with Gasteiger partial charge >= 0.3 is 0 Å². The summed E-state index contributed by atoms with van der Waals surface area (Å²) in [4.78, 5) is 36.1. The first-order valence-electron chi connectivity index (χ1n) is 11.8. The summed E-state index contributed by atoms with van der Waals surface area (Å²) in [6.45, 7) is 2.25. The van der Waals surface area contributed by atoms with E-state index in [0.29, 0.717) is 23.4 Å². The fourth-order valence-corrected chi connectivity index (χ4v) is 4.01. The number of aryl methyl sites for hydroxylation is 1. The Hall–Kier alpha value is -4.26. The number of fused-ring (bicyclic) bond motifs is 1. The second-order valence-electron chi connectivity index (χ2n) is 9.23. The van der Waals surface area contributed by atoms with Crippen LogP contribution in [0.2, 0.25) is 0 Å². The Labute approximate surface area is 214 Å². The van der Waals surface area contributed by atoms with Crippen LogP contribution in [0.15, 0.2) is 54.9 Å². The lowest BCUT2D eigenvalue weighted by Gasteiger charge is -2.30. The molecule has 2 amide bonds. The van der Waals surface area contributed by atoms with Crippen LogP contribution in [0, 0.1) is 18.8 Å². The number of amides is 2. The Bertz CT molecular complexity index is 1410. The van der Waals surface area contributed by atoms with Crippen LogP contribution in [0.4, 0.5) is 5.69 Å². The largest absolute Gasteiger partial charge is 0.489 e. The molecule has 188 valence electrons. The molecule has 1 saturated heterocycles. The zero-order chi connectivity index (χ0) is 26.0. The van der Waals surface area contributed by atoms with E-state index in [-0.39, 0.29) is 31.4 Å². The van der Waals surface area contributed by atoms with Gasteiger partial charge in [-0.2, -0.15) is 0 Å². The maximum atomic E-state index is 13.2. The Morgan fingerprint density at radius 1 is 1.19 bits per heavy atom. The third-order valence-corrected chi connectivity index (χ3v) is 6.22. The smallest absolute Gasteiger partial charge is 0.270 e. The summed E-state index contributed by atoms with van der Waals surface area (Å²) >= 11 is 0. The van der Waals surface area contributed by atoms with Gasteiger partial charge in [-0.05, 0) is 60.9 Å². The number of aliphatic hydroxyl groups is 1. The van der Waals surface area contributed by atoms with Crippen LogP contribution >= 0.6 is 0 Å². The van der Waals surface area contributed by atoms with Gasteiger partial charge < -0.3 is 24.8 Å². The number of nitrogens with one attached hydrogen (secondary N) is 1. The van der Waals surface area contributed by atoms with Gasteiger partial charge in [-0.1, -0.05) is 17.9 Å². The minimum absolute atomic E-state index is 0.0290. The Morgan fingerprint density at radius 2 is 2.03 bits per heavy atom. The third kappa shape index (κ3) is 5.45. The van der Waals surface area contributed by atoms with Crippen LogP contribution in [0.5, 0.6) is 5.75 Å². The fraction of sp³-hybridized carbons (Fsp3) is 0.286. The molecule has 3 aromatic rings. The van der Waals surface area contributed by atoms with Crippen LogP contribution in [0.3, 0.4) is 0 Å². The standard InChI is InChI=1S/C28H26N4O5/c1-18-3-4-21(14-30-18)11-20-8-10-29-22(12-20)26(33)31-23-15-37-25-6-5-19(7-9-28(35)16-36-17-28)13-24(25)32(2)27(23)34/h3-6,8,10,12-14,23,35H,11,15-17H2,1-2H3,(H,31,33). The minimum atomic E-state index is -1.14. The SMILES string of the molecule is Cc1ccc(Cc2ccnc(C(=O)NC3COc4ccc(C#CC5(O)COC5)cc4N(C)C3=O)c2)cn1. The number of nitrogens with zero attached hydrogens (tertiary/aromatic N) is 3. The fourth-order valence-electron chi connectivity index (χ4n) is 4.01. The van der Waals surface area contributed by atoms with E-state index in [2.05, 4.69) is 27.1 Å². The minimum Gasteiger partial charge on any atom is -0.489 e. The van der Waals surface area contributed by atoms with Crippen molar-refractivity contribution in [2.24, 2.45) is 0 Å². The van der Waals surface area contributed by atoms with Crippen LogP contribution in [-0.2, 0) is 16.0 Å². The van der Waals surface area contributed by atoms with E-state index in [1.54, 1.807) is 37.5 Å². The van der Waals surface area contributed by atoms with Gasteiger partial charge in [0.05, 0.1) is 18.9 Å². The van der Waals surface area contributed by atoms with E-state index in [9.17, 15) is 14.7 Å². The summed E-state index contributed by atoms with van der Waals surface area (Å²) in [6, 6.07) is 11.8. The van der Waals surface area contributed by atoms with E-state index in [1.807, 2.05) is 31.3 Å². The first-order valence-corrected chi connectivity index (χ1v) is 11.8. The molecule has 9 nitrogen and oxygen atoms in total. The van der Waals surface area contributed by atoms with Gasteiger partial charge in [0.2, 0.25) is 0 Å². The molecule has 2 aromatic heterocycles. The number of aromatic nitrogens is 2. The highest BCUT2D eigenvalue weighted by molar-refractivity contribution is 6.03. The molecular weight excluding hydrogens is 472 g/mol. The predicted molar refractivity (Wildman–Crippen MR) is 135 cm³/mol. The quantitative estimate of drug-likeness (QED) is 0.526. The normalized spacial score (nSPS) is 17.9. The molecular formula is C28H26N4O5. The highest BCUT2D eigenvalue weighted by Crippen LogP contribution is 2.31. The molecule has 0 radical (unpaired) electrons. The Kier molecular flexibility index (Phi) is 6.61. The van der Waals surface area contributed by atoms with E-state index >= 15 is 0 Å². The molecule has 2 N–H and O–H groups in total. The molecule has 9 heteroatoms. The maximum Gasteiger partial charge on any atom is 0.270 e. The molecule has 37 heavy (non-hydrogen) atoms. The van der Waals surface area contributed by atoms with Crippen molar-refractivity contribution in [1.29, 1.82) is 0 Å². The lowest BCUT2D eigenvalue weighted by atomic mass is 10.0. The molecule has 1 atom stereocenters. The van der Waals surface area contributed by atoms with Gasteiger partial charge in [0.15, 0.2) is 5.60 Å². The van der Waals surface area contributed by atoms with Crippen LogP contribution < -0.4 is 15.0 Å². The number of likely N-dealkylation sites (N-methyl/N-ethyl adjacent to an activating group) is 1. The monoisotopic (exact) mass is 498 g/mol. The molecule has 1 unspecified atom stereocenters. The van der Waals surface area contributed by atoms with Gasteiger partial charge in [-0.25, -0.2) is 0 Å². The molecule has 4 heterocycles. The molecule has 0 bridgehead atoms. The zero-order valence-electron chi connectivity index (χ0n) is 20.5. The molecule has 0 saturated carbocycles. The van der Waals surface area contributed by atoms with Crippen molar-refractivity contribution in [3.63, 3.8) is 0 Å². The molecule has 2 aliphatic rings. The molecule has 1 aromatic carbocycles. The number of hydrogen-bond acceptors (Lipinski definition) is 7. The number of anilines is 1. The zero-order valence-corrected chi connectivity index (χ0v) is 20.5. The molecule has 0 spiro atoms. The molecule has 0 aliphatic carbocycles. The van der Waals surface area contributed by atoms with E-state index < -0.39 is 17.6 Å². The van der Waals surface area contributed by atoms with Crippen molar-refractivity contribution in [1.82, 2.24) is 15.3 Å². The van der Waals surface area contributed by atoms with Gasteiger partial charge in [0.1, 0.15) is 24.1 Å². The van der Waals surface area contributed by atoms with Crippen molar-refractivity contribution in [2.75, 3.05) is 31.8 Å². The van der Waals surface area contributed by atoms with Gasteiger partial charge in [-0.3, -0.25) is 19.6 Å². The number of hydrogen-bond donors (Lipinski definition) is 2. The van der Waals surface area contributed by atoms with Crippen molar-refractivity contribution in [3.8, 4) is 17.6 Å². The van der Waals surface area contributed by atoms with Crippen LogP contribution in [0.1, 0.15) is 32.9 Å². The van der Waals surface area contributed by atoms with Crippen LogP contribution in [-0.4, -0.2) is 65.4 Å². The number of rotatable bonds is 4. The van der Waals surface area contributed by atoms with E-state index in [1.165, 1.54) is 4.90 Å². The number of carbonyl (C=O) groups excluding carboxylic acids is 2. The van der Waals surface area contributed by atoms with Gasteiger partial charge in [0.25, 0.3) is 11.8 Å². The second-order valence-corrected chi connectivity index (χ2v) is 9.23. The second kappa shape index (κ2) is 10.0. The summed E-state index contributed by atoms with van der Waals surface area (Å²) in [5, 5.41) is 12.9.